The lowest BCUT2D eigenvalue weighted by atomic mass is 9.97. The molecule has 2 aromatic rings. The molecule has 0 amide bonds. The molecule has 0 aliphatic heterocycles. The van der Waals surface area contributed by atoms with Crippen LogP contribution in [-0.4, -0.2) is 22.6 Å². The summed E-state index contributed by atoms with van der Waals surface area (Å²) in [6.45, 7) is 1.72. The van der Waals surface area contributed by atoms with E-state index in [-0.39, 0.29) is 0 Å². The summed E-state index contributed by atoms with van der Waals surface area (Å²) in [4.78, 5) is 2.31. The molecule has 28 heavy (non-hydrogen) atoms. The maximum atomic E-state index is 6.06. The molecule has 1 aliphatic carbocycles. The molecular weight excluding hydrogens is 384 g/mol. The highest BCUT2D eigenvalue weighted by Crippen LogP contribution is 2.18. The Morgan fingerprint density at radius 1 is 0.893 bits per heavy atom. The molecule has 0 atom stereocenters. The molecule has 0 unspecified atom stereocenters. The van der Waals surface area contributed by atoms with Crippen LogP contribution >= 0.6 is 23.8 Å². The van der Waals surface area contributed by atoms with Gasteiger partial charge in [0, 0.05) is 24.2 Å². The first kappa shape index (κ1) is 21.1. The van der Waals surface area contributed by atoms with Crippen LogP contribution in [0.5, 0.6) is 0 Å². The minimum Gasteiger partial charge on any atom is -0.360 e. The van der Waals surface area contributed by atoms with Crippen molar-refractivity contribution in [2.75, 3.05) is 6.54 Å². The molecule has 2 aromatic carbocycles. The van der Waals surface area contributed by atoms with Gasteiger partial charge in [-0.05, 0) is 54.7 Å². The van der Waals surface area contributed by atoms with E-state index in [2.05, 4.69) is 52.7 Å². The highest BCUT2D eigenvalue weighted by Gasteiger charge is 2.16. The Morgan fingerprint density at radius 2 is 1.54 bits per heavy atom. The van der Waals surface area contributed by atoms with Crippen molar-refractivity contribution in [1.82, 2.24) is 10.2 Å². The molecule has 0 heterocycles. The molecule has 150 valence electrons. The van der Waals surface area contributed by atoms with Gasteiger partial charge in [-0.2, -0.15) is 0 Å². The number of hydrogen-bond acceptors (Lipinski definition) is 1. The van der Waals surface area contributed by atoms with Gasteiger partial charge in [-0.25, -0.2) is 0 Å². The van der Waals surface area contributed by atoms with Crippen LogP contribution in [0.3, 0.4) is 0 Å². The van der Waals surface area contributed by atoms with Crippen LogP contribution in [0, 0.1) is 0 Å². The molecule has 1 fully saturated rings. The molecule has 4 heteroatoms. The van der Waals surface area contributed by atoms with Crippen molar-refractivity contribution in [3.05, 3.63) is 70.7 Å². The molecular formula is C24H31ClN2S. The normalized spacial score (nSPS) is 15.5. The van der Waals surface area contributed by atoms with Crippen LogP contribution < -0.4 is 5.32 Å². The van der Waals surface area contributed by atoms with Gasteiger partial charge in [0.15, 0.2) is 5.11 Å². The predicted octanol–water partition coefficient (Wildman–Crippen LogP) is 6.37. The first-order valence-corrected chi connectivity index (χ1v) is 11.3. The van der Waals surface area contributed by atoms with E-state index in [0.717, 1.165) is 29.6 Å². The molecule has 1 N–H and O–H groups in total. The highest BCUT2D eigenvalue weighted by atomic mass is 35.5. The molecule has 0 aromatic heterocycles. The zero-order chi connectivity index (χ0) is 19.6. The van der Waals surface area contributed by atoms with Gasteiger partial charge in [-0.1, -0.05) is 86.2 Å². The van der Waals surface area contributed by atoms with Gasteiger partial charge >= 0.3 is 0 Å². The van der Waals surface area contributed by atoms with Crippen molar-refractivity contribution in [1.29, 1.82) is 0 Å². The van der Waals surface area contributed by atoms with Crippen molar-refractivity contribution < 1.29 is 0 Å². The summed E-state index contributed by atoms with van der Waals surface area (Å²) in [5.74, 6) is 0. The monoisotopic (exact) mass is 414 g/mol. The largest absolute Gasteiger partial charge is 0.360 e. The average Bonchev–Trinajstić information content (AvgIpc) is 2.69. The number of rotatable bonds is 6. The van der Waals surface area contributed by atoms with Crippen molar-refractivity contribution >= 4 is 28.9 Å². The maximum Gasteiger partial charge on any atom is 0.169 e. The Labute approximate surface area is 180 Å². The number of halogens is 1. The third kappa shape index (κ3) is 7.10. The topological polar surface area (TPSA) is 15.3 Å². The van der Waals surface area contributed by atoms with Gasteiger partial charge in [0.1, 0.15) is 0 Å². The van der Waals surface area contributed by atoms with Gasteiger partial charge in [0.25, 0.3) is 0 Å². The second-order valence-electron chi connectivity index (χ2n) is 7.78. The molecule has 1 aliphatic rings. The zero-order valence-corrected chi connectivity index (χ0v) is 18.2. The highest BCUT2D eigenvalue weighted by molar-refractivity contribution is 7.80. The maximum absolute atomic E-state index is 6.06. The summed E-state index contributed by atoms with van der Waals surface area (Å²) >= 11 is 11.9. The second-order valence-corrected chi connectivity index (χ2v) is 8.60. The number of benzene rings is 2. The van der Waals surface area contributed by atoms with Gasteiger partial charge < -0.3 is 10.2 Å². The molecule has 0 saturated heterocycles. The zero-order valence-electron chi connectivity index (χ0n) is 16.6. The predicted molar refractivity (Wildman–Crippen MR) is 124 cm³/mol. The molecule has 1 saturated carbocycles. The van der Waals surface area contributed by atoms with Gasteiger partial charge in [0.05, 0.1) is 0 Å². The number of hydrogen-bond donors (Lipinski definition) is 1. The minimum atomic E-state index is 0.511. The Balaban J connectivity index is 1.64. The van der Waals surface area contributed by atoms with Crippen molar-refractivity contribution in [3.63, 3.8) is 0 Å². The van der Waals surface area contributed by atoms with E-state index in [1.54, 1.807) is 0 Å². The third-order valence-electron chi connectivity index (χ3n) is 5.52. The molecule has 0 radical (unpaired) electrons. The van der Waals surface area contributed by atoms with E-state index < -0.39 is 0 Å². The fourth-order valence-electron chi connectivity index (χ4n) is 3.84. The van der Waals surface area contributed by atoms with Crippen LogP contribution in [0.25, 0.3) is 0 Å². The summed E-state index contributed by atoms with van der Waals surface area (Å²) < 4.78 is 0. The molecule has 2 nitrogen and oxygen atoms in total. The van der Waals surface area contributed by atoms with Crippen LogP contribution in [0.1, 0.15) is 56.1 Å². The fraction of sp³-hybridized carbons (Fsp3) is 0.458. The van der Waals surface area contributed by atoms with E-state index in [1.807, 2.05) is 12.1 Å². The Hall–Kier alpha value is -1.58. The van der Waals surface area contributed by atoms with Gasteiger partial charge in [-0.3, -0.25) is 0 Å². The van der Waals surface area contributed by atoms with Crippen LogP contribution in [-0.2, 0) is 13.0 Å². The Bertz CT molecular complexity index is 709. The van der Waals surface area contributed by atoms with E-state index >= 15 is 0 Å². The summed E-state index contributed by atoms with van der Waals surface area (Å²) in [5.41, 5.74) is 2.58. The number of thiocarbonyl (C=S) groups is 1. The summed E-state index contributed by atoms with van der Waals surface area (Å²) in [7, 11) is 0. The number of nitrogens with one attached hydrogen (secondary N) is 1. The summed E-state index contributed by atoms with van der Waals surface area (Å²) in [6.07, 6.45) is 10.2. The van der Waals surface area contributed by atoms with Crippen LogP contribution in [0.2, 0.25) is 5.02 Å². The smallest absolute Gasteiger partial charge is 0.169 e. The standard InChI is InChI=1S/C24H31ClN2S/c25-22-15-13-21(14-16-22)19-27(18-17-20-9-5-4-6-10-20)24(28)26-23-11-7-2-1-3-8-12-23/h4-6,9-10,13-16,23H,1-3,7-8,11-12,17-19H2,(H,26,28). The van der Waals surface area contributed by atoms with Crippen molar-refractivity contribution in [2.45, 2.75) is 64.0 Å². The van der Waals surface area contributed by atoms with Crippen LogP contribution in [0.4, 0.5) is 0 Å². The van der Waals surface area contributed by atoms with Crippen molar-refractivity contribution in [2.24, 2.45) is 0 Å². The molecule has 0 bridgehead atoms. The Kier molecular flexibility index (Phi) is 8.63. The third-order valence-corrected chi connectivity index (χ3v) is 6.15. The molecule has 0 spiro atoms. The molecule has 3 rings (SSSR count). The summed E-state index contributed by atoms with van der Waals surface area (Å²) in [5, 5.41) is 5.34. The first-order valence-electron chi connectivity index (χ1n) is 10.5. The Morgan fingerprint density at radius 3 is 2.21 bits per heavy atom. The van der Waals surface area contributed by atoms with Crippen molar-refractivity contribution in [3.8, 4) is 0 Å². The van der Waals surface area contributed by atoms with E-state index in [1.165, 1.54) is 56.1 Å². The quantitative estimate of drug-likeness (QED) is 0.552. The first-order chi connectivity index (χ1) is 13.7. The minimum absolute atomic E-state index is 0.511. The van der Waals surface area contributed by atoms with Gasteiger partial charge in [0.2, 0.25) is 0 Å². The number of nitrogens with zero attached hydrogens (tertiary/aromatic N) is 1. The SMILES string of the molecule is S=C(NC1CCCCCCC1)N(CCc1ccccc1)Cc1ccc(Cl)cc1. The fourth-order valence-corrected chi connectivity index (χ4v) is 4.29. The van der Waals surface area contributed by atoms with E-state index in [0.29, 0.717) is 6.04 Å². The van der Waals surface area contributed by atoms with E-state index in [4.69, 9.17) is 23.8 Å². The summed E-state index contributed by atoms with van der Waals surface area (Å²) in [6, 6.07) is 19.3. The lowest BCUT2D eigenvalue weighted by Crippen LogP contribution is -2.45. The second kappa shape index (κ2) is 11.4. The van der Waals surface area contributed by atoms with Crippen LogP contribution in [0.15, 0.2) is 54.6 Å². The lowest BCUT2D eigenvalue weighted by Gasteiger charge is -2.30. The van der Waals surface area contributed by atoms with E-state index in [9.17, 15) is 0 Å². The lowest BCUT2D eigenvalue weighted by molar-refractivity contribution is 0.377. The average molecular weight is 415 g/mol. The van der Waals surface area contributed by atoms with Gasteiger partial charge in [-0.15, -0.1) is 0 Å².